The summed E-state index contributed by atoms with van der Waals surface area (Å²) < 4.78 is 51.4. The third kappa shape index (κ3) is 3.12. The van der Waals surface area contributed by atoms with Crippen molar-refractivity contribution in [2.45, 2.75) is 31.7 Å². The van der Waals surface area contributed by atoms with Crippen molar-refractivity contribution in [2.75, 3.05) is 13.2 Å². The zero-order valence-corrected chi connectivity index (χ0v) is 13.0. The number of epoxide rings is 1. The smallest absolute Gasteiger partial charge is 0.465 e. The zero-order chi connectivity index (χ0) is 16.9. The van der Waals surface area contributed by atoms with Crippen LogP contribution in [0.15, 0.2) is 18.2 Å². The topological polar surface area (TPSA) is 48.1 Å². The maximum absolute atomic E-state index is 12.3. The molecule has 0 N–H and O–H groups in total. The number of esters is 1. The van der Waals surface area contributed by atoms with Crippen LogP contribution in [-0.2, 0) is 19.9 Å². The molecule has 2 fully saturated rings. The fourth-order valence-electron chi connectivity index (χ4n) is 2.90. The lowest BCUT2D eigenvalue weighted by atomic mass is 9.83. The average molecular weight is 351 g/mol. The first-order valence-electron chi connectivity index (χ1n) is 7.01. The lowest BCUT2D eigenvalue weighted by molar-refractivity contribution is -0.274. The minimum atomic E-state index is -4.77. The summed E-state index contributed by atoms with van der Waals surface area (Å²) in [6, 6.07) is 3.81. The molecule has 1 aliphatic heterocycles. The third-order valence-corrected chi connectivity index (χ3v) is 4.62. The van der Waals surface area contributed by atoms with Crippen LogP contribution in [0.1, 0.15) is 25.3 Å². The lowest BCUT2D eigenvalue weighted by Crippen LogP contribution is -2.29. The Morgan fingerprint density at radius 3 is 2.48 bits per heavy atom. The Labute approximate surface area is 135 Å². The van der Waals surface area contributed by atoms with Gasteiger partial charge in [0.2, 0.25) is 0 Å². The largest absolute Gasteiger partial charge is 0.573 e. The Morgan fingerprint density at radius 2 is 2.04 bits per heavy atom. The number of carbonyl (C=O) groups is 1. The molecule has 4 nitrogen and oxygen atoms in total. The van der Waals surface area contributed by atoms with E-state index in [2.05, 4.69) is 4.74 Å². The van der Waals surface area contributed by atoms with Gasteiger partial charge < -0.3 is 14.2 Å². The van der Waals surface area contributed by atoms with E-state index >= 15 is 0 Å². The Balaban J connectivity index is 1.83. The van der Waals surface area contributed by atoms with E-state index in [1.54, 1.807) is 0 Å². The van der Waals surface area contributed by atoms with Gasteiger partial charge in [-0.3, -0.25) is 4.79 Å². The van der Waals surface area contributed by atoms with Gasteiger partial charge in [0.05, 0.1) is 11.6 Å². The van der Waals surface area contributed by atoms with Crippen LogP contribution in [0, 0.1) is 5.41 Å². The highest BCUT2D eigenvalue weighted by atomic mass is 35.5. The SMILES string of the molecule is CC(=O)OCC1(C2(c3ccc(OC(F)(F)F)cc3Cl)CO2)CC1. The summed E-state index contributed by atoms with van der Waals surface area (Å²) in [5.41, 5.74) is -0.455. The molecular weight excluding hydrogens is 337 g/mol. The predicted octanol–water partition coefficient (Wildman–Crippen LogP) is 3.81. The van der Waals surface area contributed by atoms with E-state index in [4.69, 9.17) is 21.1 Å². The summed E-state index contributed by atoms with van der Waals surface area (Å²) in [7, 11) is 0. The fraction of sp³-hybridized carbons (Fsp3) is 0.533. The molecule has 0 bridgehead atoms. The van der Waals surface area contributed by atoms with Gasteiger partial charge in [0, 0.05) is 17.9 Å². The number of ether oxygens (including phenoxy) is 3. The van der Waals surface area contributed by atoms with Gasteiger partial charge in [-0.1, -0.05) is 17.7 Å². The van der Waals surface area contributed by atoms with Crippen LogP contribution < -0.4 is 4.74 Å². The average Bonchev–Trinajstić information content (AvgIpc) is 3.29. The van der Waals surface area contributed by atoms with Crippen LogP contribution in [0.2, 0.25) is 5.02 Å². The van der Waals surface area contributed by atoms with E-state index < -0.39 is 12.0 Å². The molecule has 2 aliphatic rings. The van der Waals surface area contributed by atoms with Crippen molar-refractivity contribution in [3.8, 4) is 5.75 Å². The summed E-state index contributed by atoms with van der Waals surface area (Å²) in [5, 5.41) is 0.137. The first-order valence-corrected chi connectivity index (χ1v) is 7.38. The second kappa shape index (κ2) is 5.27. The highest BCUT2D eigenvalue weighted by Gasteiger charge is 2.69. The molecule has 1 aliphatic carbocycles. The van der Waals surface area contributed by atoms with E-state index in [0.29, 0.717) is 12.2 Å². The van der Waals surface area contributed by atoms with Gasteiger partial charge in [-0.2, -0.15) is 0 Å². The van der Waals surface area contributed by atoms with Crippen molar-refractivity contribution in [3.63, 3.8) is 0 Å². The van der Waals surface area contributed by atoms with Gasteiger partial charge in [0.15, 0.2) is 0 Å². The van der Waals surface area contributed by atoms with E-state index in [1.807, 2.05) is 0 Å². The van der Waals surface area contributed by atoms with Gasteiger partial charge in [-0.25, -0.2) is 0 Å². The van der Waals surface area contributed by atoms with Crippen LogP contribution in [0.3, 0.4) is 0 Å². The summed E-state index contributed by atoms with van der Waals surface area (Å²) in [5.74, 6) is -0.765. The molecule has 0 aromatic heterocycles. The molecule has 1 saturated carbocycles. The second-order valence-corrected chi connectivity index (χ2v) is 6.27. The molecule has 1 unspecified atom stereocenters. The molecule has 1 atom stereocenters. The number of benzene rings is 1. The van der Waals surface area contributed by atoms with Gasteiger partial charge in [-0.15, -0.1) is 13.2 Å². The minimum absolute atomic E-state index is 0.137. The van der Waals surface area contributed by atoms with E-state index in [1.165, 1.54) is 19.1 Å². The molecule has 0 amide bonds. The van der Waals surface area contributed by atoms with E-state index in [0.717, 1.165) is 18.9 Å². The summed E-state index contributed by atoms with van der Waals surface area (Å²) >= 11 is 6.14. The molecular formula is C15H14ClF3O4. The molecule has 126 valence electrons. The molecule has 1 saturated heterocycles. The Morgan fingerprint density at radius 1 is 1.39 bits per heavy atom. The molecule has 3 rings (SSSR count). The highest BCUT2D eigenvalue weighted by molar-refractivity contribution is 6.31. The normalized spacial score (nSPS) is 24.9. The summed E-state index contributed by atoms with van der Waals surface area (Å²) in [6.07, 6.45) is -3.17. The molecule has 8 heteroatoms. The summed E-state index contributed by atoms with van der Waals surface area (Å²) in [4.78, 5) is 11.0. The van der Waals surface area contributed by atoms with Crippen molar-refractivity contribution < 1.29 is 32.2 Å². The van der Waals surface area contributed by atoms with Crippen LogP contribution in [0.4, 0.5) is 13.2 Å². The number of halogens is 4. The van der Waals surface area contributed by atoms with Crippen LogP contribution >= 0.6 is 11.6 Å². The predicted molar refractivity (Wildman–Crippen MR) is 74.1 cm³/mol. The second-order valence-electron chi connectivity index (χ2n) is 5.87. The molecule has 1 heterocycles. The Bertz CT molecular complexity index is 636. The maximum Gasteiger partial charge on any atom is 0.573 e. The van der Waals surface area contributed by atoms with E-state index in [9.17, 15) is 18.0 Å². The molecule has 0 radical (unpaired) electrons. The molecule has 1 aromatic rings. The van der Waals surface area contributed by atoms with Crippen LogP contribution in [0.25, 0.3) is 0 Å². The van der Waals surface area contributed by atoms with Gasteiger partial charge >= 0.3 is 12.3 Å². The summed E-state index contributed by atoms with van der Waals surface area (Å²) in [6.45, 7) is 1.93. The third-order valence-electron chi connectivity index (χ3n) is 4.30. The van der Waals surface area contributed by atoms with Crippen molar-refractivity contribution in [3.05, 3.63) is 28.8 Å². The number of hydrogen-bond acceptors (Lipinski definition) is 4. The standard InChI is InChI=1S/C15H14ClF3O4/c1-9(20)21-7-13(4-5-13)14(8-22-14)11-3-2-10(6-12(11)16)23-15(17,18)19/h2-3,6H,4-5,7-8H2,1H3. The molecule has 23 heavy (non-hydrogen) atoms. The number of hydrogen-bond donors (Lipinski definition) is 0. The quantitative estimate of drug-likeness (QED) is 0.598. The first kappa shape index (κ1) is 16.4. The number of alkyl halides is 3. The molecule has 0 spiro atoms. The van der Waals surface area contributed by atoms with Gasteiger partial charge in [0.25, 0.3) is 0 Å². The zero-order valence-electron chi connectivity index (χ0n) is 12.2. The van der Waals surface area contributed by atoms with Crippen LogP contribution in [0.5, 0.6) is 5.75 Å². The number of rotatable bonds is 5. The number of carbonyl (C=O) groups excluding carboxylic acids is 1. The Kier molecular flexibility index (Phi) is 3.76. The first-order chi connectivity index (χ1) is 10.7. The Hall–Kier alpha value is -1.47. The van der Waals surface area contributed by atoms with Crippen molar-refractivity contribution >= 4 is 17.6 Å². The molecule has 1 aromatic carbocycles. The van der Waals surface area contributed by atoms with Gasteiger partial charge in [0.1, 0.15) is 18.0 Å². The fourth-order valence-corrected chi connectivity index (χ4v) is 3.22. The van der Waals surface area contributed by atoms with Crippen molar-refractivity contribution in [1.82, 2.24) is 0 Å². The minimum Gasteiger partial charge on any atom is -0.465 e. The monoisotopic (exact) mass is 350 g/mol. The van der Waals surface area contributed by atoms with Gasteiger partial charge in [-0.05, 0) is 25.0 Å². The van der Waals surface area contributed by atoms with E-state index in [-0.39, 0.29) is 28.8 Å². The maximum atomic E-state index is 12.3. The highest BCUT2D eigenvalue weighted by Crippen LogP contribution is 2.67. The van der Waals surface area contributed by atoms with Crippen molar-refractivity contribution in [2.24, 2.45) is 5.41 Å². The van der Waals surface area contributed by atoms with Crippen LogP contribution in [-0.4, -0.2) is 25.5 Å². The van der Waals surface area contributed by atoms with Crippen molar-refractivity contribution in [1.29, 1.82) is 0 Å². The lowest BCUT2D eigenvalue weighted by Gasteiger charge is -2.24.